The third-order valence-electron chi connectivity index (χ3n) is 15.0. The van der Waals surface area contributed by atoms with E-state index in [2.05, 4.69) is 40.5 Å². The van der Waals surface area contributed by atoms with E-state index >= 15 is 0 Å². The standard InChI is InChI=1S/C27H33N5O3.C15H24ClN5O2.C12H11BO3.C11H22N2O2.C4H3Cl2N3.CH4.ClH/c1-27(2,3)35-26(33)32-15-13-19(14-16-32)17-29-25-23(24(28)30-18-31-25)20-9-11-22(12-10-20)34-21-7-5-4-6-8-21;1-15(2,3)23-14(22)21-6-4-10(5-7-21)8-18-13-11(16)12(17)19-9-20-13;14-13(15)10-6-8-12(9-7-10)16-11-4-2-1-3-5-11;1-11(2,3)15-10(14)13-6-4-9(8-12)5-7-13;5-2-3(6)8-1-9-4(2)7;;/h4-12,18-19H,13-17H2,1-3H3,(H3,28,29,30,31);9-10H,4-8H2,1-3H3,(H3,17,18,19,20);1-9,14-15H;9H,4-8,12H2,1-3H3;1H,(H2,7,8,9);1H4;1H. The minimum atomic E-state index is -1.44. The Kier molecular flexibility index (Phi) is 34.3. The quantitative estimate of drug-likeness (QED) is 0.0302. The van der Waals surface area contributed by atoms with Crippen molar-refractivity contribution < 1.29 is 48.1 Å². The number of nitrogens with two attached hydrogens (primary N) is 4. The molecule has 3 aromatic heterocycles. The van der Waals surface area contributed by atoms with Gasteiger partial charge < -0.3 is 82.0 Å². The molecule has 3 saturated heterocycles. The molecule has 100 heavy (non-hydrogen) atoms. The van der Waals surface area contributed by atoms with Crippen molar-refractivity contribution in [3.8, 4) is 34.1 Å². The average Bonchev–Trinajstić information content (AvgIpc) is 0.814. The second-order valence-corrected chi connectivity index (χ2v) is 27.4. The Morgan fingerprint density at radius 1 is 0.490 bits per heavy atom. The number of likely N-dealkylation sites (tertiary alicyclic amines) is 3. The number of ether oxygens (including phenoxy) is 5. The first-order chi connectivity index (χ1) is 46.4. The summed E-state index contributed by atoms with van der Waals surface area (Å²) in [5.41, 5.74) is 23.5. The van der Waals surface area contributed by atoms with Crippen LogP contribution >= 0.6 is 47.2 Å². The van der Waals surface area contributed by atoms with Crippen molar-refractivity contribution in [2.75, 3.05) is 86.7 Å². The molecular formula is C70H98BCl4N15O10. The summed E-state index contributed by atoms with van der Waals surface area (Å²) in [4.78, 5) is 65.1. The van der Waals surface area contributed by atoms with Crippen LogP contribution in [-0.2, 0) is 14.2 Å². The zero-order valence-electron chi connectivity index (χ0n) is 57.6. The van der Waals surface area contributed by atoms with Gasteiger partial charge in [0.1, 0.15) is 97.9 Å². The van der Waals surface area contributed by atoms with Gasteiger partial charge in [-0.05, 0) is 185 Å². The molecule has 544 valence electrons. The van der Waals surface area contributed by atoms with Gasteiger partial charge in [-0.3, -0.25) is 0 Å². The molecule has 0 saturated carbocycles. The number of carbonyl (C=O) groups is 3. The molecular weight excluding hydrogens is 1360 g/mol. The molecule has 3 fully saturated rings. The van der Waals surface area contributed by atoms with Gasteiger partial charge in [0.2, 0.25) is 0 Å². The highest BCUT2D eigenvalue weighted by atomic mass is 35.5. The number of nitrogens with one attached hydrogen (secondary N) is 2. The van der Waals surface area contributed by atoms with Gasteiger partial charge in [-0.25, -0.2) is 44.3 Å². The first-order valence-corrected chi connectivity index (χ1v) is 33.5. The molecule has 0 unspecified atom stereocenters. The number of benzene rings is 4. The van der Waals surface area contributed by atoms with Crippen molar-refractivity contribution in [1.29, 1.82) is 0 Å². The summed E-state index contributed by atoms with van der Waals surface area (Å²) in [6.45, 7) is 23.4. The Morgan fingerprint density at radius 3 is 1.20 bits per heavy atom. The summed E-state index contributed by atoms with van der Waals surface area (Å²) in [5.74, 6) is 6.50. The van der Waals surface area contributed by atoms with Crippen molar-refractivity contribution in [2.24, 2.45) is 23.5 Å². The summed E-state index contributed by atoms with van der Waals surface area (Å²) in [6, 6.07) is 33.4. The van der Waals surface area contributed by atoms with E-state index in [1.165, 1.54) is 19.0 Å². The number of aromatic nitrogens is 6. The van der Waals surface area contributed by atoms with Crippen LogP contribution in [-0.4, -0.2) is 156 Å². The summed E-state index contributed by atoms with van der Waals surface area (Å²) in [5, 5.41) is 25.2. The van der Waals surface area contributed by atoms with Crippen LogP contribution in [0.15, 0.2) is 128 Å². The summed E-state index contributed by atoms with van der Waals surface area (Å²) in [6.07, 6.45) is 9.03. The minimum Gasteiger partial charge on any atom is -0.457 e. The lowest BCUT2D eigenvalue weighted by molar-refractivity contribution is 0.0177. The molecule has 3 aliphatic heterocycles. The zero-order valence-corrected chi connectivity index (χ0v) is 60.7. The highest BCUT2D eigenvalue weighted by molar-refractivity contribution is 6.58. The first-order valence-electron chi connectivity index (χ1n) is 32.4. The number of rotatable bonds is 13. The van der Waals surface area contributed by atoms with Crippen LogP contribution in [0.1, 0.15) is 108 Å². The van der Waals surface area contributed by atoms with Gasteiger partial charge in [-0.1, -0.05) is 103 Å². The van der Waals surface area contributed by atoms with E-state index in [0.717, 1.165) is 99.6 Å². The number of anilines is 5. The third kappa shape index (κ3) is 29.4. The fourth-order valence-electron chi connectivity index (χ4n) is 9.78. The van der Waals surface area contributed by atoms with Gasteiger partial charge in [-0.15, -0.1) is 12.4 Å². The van der Waals surface area contributed by atoms with Gasteiger partial charge in [0, 0.05) is 52.4 Å². The van der Waals surface area contributed by atoms with Crippen LogP contribution in [0.2, 0.25) is 15.2 Å². The number of piperidine rings is 3. The van der Waals surface area contributed by atoms with Crippen LogP contribution in [0.5, 0.6) is 23.0 Å². The lowest BCUT2D eigenvalue weighted by atomic mass is 9.80. The number of amides is 3. The number of nitrogens with zero attached hydrogens (tertiary/aromatic N) is 9. The molecule has 0 bridgehead atoms. The molecule has 10 rings (SSSR count). The van der Waals surface area contributed by atoms with E-state index in [-0.39, 0.29) is 59.9 Å². The SMILES string of the molecule is C.CC(C)(C)OC(=O)N1CCC(CN)CC1.CC(C)(C)OC(=O)N1CCC(CNc2ncnc(N)c2-c2ccc(Oc3ccccc3)cc2)CC1.CC(C)(C)OC(=O)N1CCC(CNc2ncnc(N)c2Cl)CC1.Cl.Nc1ncnc(Cl)c1Cl.OB(O)c1ccc(Oc2ccccc2)cc1. The molecule has 0 atom stereocenters. The highest BCUT2D eigenvalue weighted by Gasteiger charge is 2.30. The lowest BCUT2D eigenvalue weighted by Crippen LogP contribution is -2.42. The fourth-order valence-corrected chi connectivity index (χ4v) is 10.2. The maximum absolute atomic E-state index is 12.3. The molecule has 7 aromatic rings. The molecule has 25 nitrogen and oxygen atoms in total. The van der Waals surface area contributed by atoms with E-state index in [1.54, 1.807) is 39.0 Å². The Morgan fingerprint density at radius 2 is 0.830 bits per heavy atom. The van der Waals surface area contributed by atoms with Crippen LogP contribution in [0.4, 0.5) is 43.5 Å². The summed E-state index contributed by atoms with van der Waals surface area (Å²) >= 11 is 17.0. The van der Waals surface area contributed by atoms with Crippen LogP contribution in [0, 0.1) is 17.8 Å². The van der Waals surface area contributed by atoms with Crippen molar-refractivity contribution in [1.82, 2.24) is 44.6 Å². The predicted molar refractivity (Wildman–Crippen MR) is 401 cm³/mol. The number of nitrogen functional groups attached to an aromatic ring is 3. The summed E-state index contributed by atoms with van der Waals surface area (Å²) < 4.78 is 27.6. The van der Waals surface area contributed by atoms with Gasteiger partial charge in [0.25, 0.3) is 0 Å². The number of halogens is 4. The van der Waals surface area contributed by atoms with Gasteiger partial charge in [-0.2, -0.15) is 0 Å². The number of hydrogen-bond acceptors (Lipinski definition) is 22. The number of hydrogen-bond donors (Lipinski definition) is 8. The predicted octanol–water partition coefficient (Wildman–Crippen LogP) is 13.5. The molecule has 3 aliphatic rings. The first kappa shape index (κ1) is 84.1. The van der Waals surface area contributed by atoms with E-state index in [0.29, 0.717) is 77.6 Å². The van der Waals surface area contributed by atoms with Gasteiger partial charge >= 0.3 is 25.4 Å². The van der Waals surface area contributed by atoms with Crippen molar-refractivity contribution in [3.63, 3.8) is 0 Å². The van der Waals surface area contributed by atoms with E-state index in [9.17, 15) is 14.4 Å². The fraction of sp³-hybridized carbons (Fsp3) is 0.443. The molecule has 0 spiro atoms. The molecule has 6 heterocycles. The Bertz CT molecular complexity index is 3560. The molecule has 0 radical (unpaired) electrons. The van der Waals surface area contributed by atoms with E-state index in [1.807, 2.05) is 147 Å². The van der Waals surface area contributed by atoms with Gasteiger partial charge in [0.05, 0.1) is 5.56 Å². The number of carbonyl (C=O) groups excluding carboxylic acids is 3. The Labute approximate surface area is 609 Å². The number of para-hydroxylation sites is 2. The largest absolute Gasteiger partial charge is 0.488 e. The normalized spacial score (nSPS) is 14.1. The van der Waals surface area contributed by atoms with E-state index < -0.39 is 23.9 Å². The lowest BCUT2D eigenvalue weighted by Gasteiger charge is -2.33. The topological polar surface area (TPSA) is 353 Å². The average molecular weight is 1460 g/mol. The molecule has 12 N–H and O–H groups in total. The third-order valence-corrected chi connectivity index (χ3v) is 16.1. The molecule has 30 heteroatoms. The van der Waals surface area contributed by atoms with E-state index in [4.69, 9.17) is 91.5 Å². The second-order valence-electron chi connectivity index (χ2n) is 26.3. The van der Waals surface area contributed by atoms with Crippen molar-refractivity contribution in [3.05, 3.63) is 143 Å². The van der Waals surface area contributed by atoms with Crippen molar-refractivity contribution >= 4 is 107 Å². The maximum Gasteiger partial charge on any atom is 0.488 e. The molecule has 0 aliphatic carbocycles. The smallest absolute Gasteiger partial charge is 0.457 e. The molecule has 4 aromatic carbocycles. The monoisotopic (exact) mass is 1460 g/mol. The minimum absolute atomic E-state index is 0. The Hall–Kier alpha value is -8.37. The van der Waals surface area contributed by atoms with Crippen LogP contribution < -0.4 is 48.5 Å². The van der Waals surface area contributed by atoms with Crippen LogP contribution in [0.3, 0.4) is 0 Å². The van der Waals surface area contributed by atoms with Crippen LogP contribution in [0.25, 0.3) is 11.1 Å². The zero-order chi connectivity index (χ0) is 71.6. The Balaban J connectivity index is 0.000000283. The maximum atomic E-state index is 12.3. The second kappa shape index (κ2) is 40.8. The van der Waals surface area contributed by atoms with Crippen molar-refractivity contribution in [2.45, 2.75) is 125 Å². The highest BCUT2D eigenvalue weighted by Crippen LogP contribution is 2.34. The molecule has 3 amide bonds. The van der Waals surface area contributed by atoms with Gasteiger partial charge in [0.15, 0.2) is 5.15 Å². The summed E-state index contributed by atoms with van der Waals surface area (Å²) in [7, 11) is -1.44.